The summed E-state index contributed by atoms with van der Waals surface area (Å²) in [7, 11) is 1.88. The molecule has 1 N–H and O–H groups in total. The van der Waals surface area contributed by atoms with E-state index in [1.54, 1.807) is 0 Å². The SMILES string of the molecule is CN1CC(NC2=NCC(C3CC3)S2)CCC1=O. The number of amides is 1. The molecule has 2 unspecified atom stereocenters. The van der Waals surface area contributed by atoms with Crippen LogP contribution in [0.25, 0.3) is 0 Å². The van der Waals surface area contributed by atoms with Gasteiger partial charge in [0.1, 0.15) is 0 Å². The molecule has 1 saturated carbocycles. The lowest BCUT2D eigenvalue weighted by Crippen LogP contribution is -2.47. The Labute approximate surface area is 106 Å². The average Bonchev–Trinajstić information content (AvgIpc) is 3.06. The summed E-state index contributed by atoms with van der Waals surface area (Å²) in [6.07, 6.45) is 4.39. The zero-order chi connectivity index (χ0) is 11.8. The van der Waals surface area contributed by atoms with Crippen molar-refractivity contribution in [3.8, 4) is 0 Å². The second-order valence-electron chi connectivity index (χ2n) is 5.29. The van der Waals surface area contributed by atoms with Gasteiger partial charge in [0, 0.05) is 31.3 Å². The topological polar surface area (TPSA) is 44.7 Å². The smallest absolute Gasteiger partial charge is 0.222 e. The zero-order valence-electron chi connectivity index (χ0n) is 10.2. The number of carbonyl (C=O) groups excluding carboxylic acids is 1. The normalized spacial score (nSPS) is 33.8. The van der Waals surface area contributed by atoms with Gasteiger partial charge in [-0.2, -0.15) is 0 Å². The van der Waals surface area contributed by atoms with Crippen LogP contribution in [0.3, 0.4) is 0 Å². The molecule has 0 aromatic heterocycles. The summed E-state index contributed by atoms with van der Waals surface area (Å²) in [6, 6.07) is 0.391. The van der Waals surface area contributed by atoms with Crippen molar-refractivity contribution in [1.29, 1.82) is 0 Å². The van der Waals surface area contributed by atoms with Crippen molar-refractivity contribution in [1.82, 2.24) is 10.2 Å². The Kier molecular flexibility index (Phi) is 3.03. The van der Waals surface area contributed by atoms with Crippen LogP contribution in [0.4, 0.5) is 0 Å². The molecule has 3 rings (SSSR count). The van der Waals surface area contributed by atoms with Crippen molar-refractivity contribution in [2.45, 2.75) is 37.0 Å². The molecule has 1 saturated heterocycles. The molecule has 0 aromatic carbocycles. The molecule has 1 amide bonds. The summed E-state index contributed by atoms with van der Waals surface area (Å²) in [4.78, 5) is 17.8. The zero-order valence-corrected chi connectivity index (χ0v) is 11.0. The van der Waals surface area contributed by atoms with Crippen LogP contribution in [-0.4, -0.2) is 47.4 Å². The number of carbonyl (C=O) groups is 1. The summed E-state index contributed by atoms with van der Waals surface area (Å²) >= 11 is 1.91. The third-order valence-electron chi connectivity index (χ3n) is 3.78. The summed E-state index contributed by atoms with van der Waals surface area (Å²) in [6.45, 7) is 1.80. The fraction of sp³-hybridized carbons (Fsp3) is 0.833. The first-order valence-electron chi connectivity index (χ1n) is 6.44. The molecule has 0 spiro atoms. The molecule has 0 aromatic rings. The molecule has 1 aliphatic carbocycles. The Hall–Kier alpha value is -0.710. The van der Waals surface area contributed by atoms with Crippen LogP contribution >= 0.6 is 11.8 Å². The fourth-order valence-electron chi connectivity index (χ4n) is 2.49. The minimum Gasteiger partial charge on any atom is -0.360 e. The Morgan fingerprint density at radius 3 is 2.94 bits per heavy atom. The fourth-order valence-corrected chi connectivity index (χ4v) is 3.77. The summed E-state index contributed by atoms with van der Waals surface area (Å²) in [5.74, 6) is 1.18. The lowest BCUT2D eigenvalue weighted by molar-refractivity contribution is -0.132. The van der Waals surface area contributed by atoms with Gasteiger partial charge in [0.15, 0.2) is 5.17 Å². The van der Waals surface area contributed by atoms with Crippen molar-refractivity contribution in [2.24, 2.45) is 10.9 Å². The molecule has 2 heterocycles. The van der Waals surface area contributed by atoms with Crippen LogP contribution in [0.5, 0.6) is 0 Å². The van der Waals surface area contributed by atoms with E-state index in [-0.39, 0.29) is 5.91 Å². The minimum absolute atomic E-state index is 0.264. The number of hydrogen-bond acceptors (Lipinski definition) is 4. The Bertz CT molecular complexity index is 354. The van der Waals surface area contributed by atoms with E-state index >= 15 is 0 Å². The van der Waals surface area contributed by atoms with Crippen molar-refractivity contribution in [2.75, 3.05) is 20.1 Å². The maximum absolute atomic E-state index is 11.4. The van der Waals surface area contributed by atoms with Crippen LogP contribution < -0.4 is 5.32 Å². The van der Waals surface area contributed by atoms with Crippen LogP contribution in [0, 0.1) is 5.92 Å². The molecule has 0 bridgehead atoms. The lowest BCUT2D eigenvalue weighted by atomic mass is 10.1. The number of nitrogens with zero attached hydrogens (tertiary/aromatic N) is 2. The van der Waals surface area contributed by atoms with Crippen LogP contribution in [0.15, 0.2) is 4.99 Å². The number of piperidine rings is 1. The number of likely N-dealkylation sites (N-methyl/N-ethyl adjacent to an activating group) is 1. The van der Waals surface area contributed by atoms with Crippen LogP contribution in [0.2, 0.25) is 0 Å². The maximum atomic E-state index is 11.4. The van der Waals surface area contributed by atoms with E-state index in [0.29, 0.717) is 12.5 Å². The quantitative estimate of drug-likeness (QED) is 0.801. The molecule has 94 valence electrons. The van der Waals surface area contributed by atoms with Gasteiger partial charge in [-0.05, 0) is 25.2 Å². The maximum Gasteiger partial charge on any atom is 0.222 e. The number of thioether (sulfide) groups is 1. The number of hydrogen-bond donors (Lipinski definition) is 1. The molecule has 2 atom stereocenters. The van der Waals surface area contributed by atoms with E-state index in [1.165, 1.54) is 12.8 Å². The largest absolute Gasteiger partial charge is 0.360 e. The summed E-state index contributed by atoms with van der Waals surface area (Å²) in [5, 5.41) is 5.33. The van der Waals surface area contributed by atoms with E-state index in [0.717, 1.165) is 35.8 Å². The molecular formula is C12H19N3OS. The molecule has 3 aliphatic rings. The standard InChI is InChI=1S/C12H19N3OS/c1-15-7-9(4-5-11(15)16)14-12-13-6-10(17-12)8-2-3-8/h8-10H,2-7H2,1H3,(H,13,14). The highest BCUT2D eigenvalue weighted by molar-refractivity contribution is 8.14. The van der Waals surface area contributed by atoms with Crippen molar-refractivity contribution >= 4 is 22.8 Å². The Morgan fingerprint density at radius 2 is 2.24 bits per heavy atom. The Balaban J connectivity index is 1.49. The summed E-state index contributed by atoms with van der Waals surface area (Å²) < 4.78 is 0. The number of rotatable bonds is 2. The van der Waals surface area contributed by atoms with Gasteiger partial charge < -0.3 is 10.2 Å². The number of nitrogens with one attached hydrogen (secondary N) is 1. The van der Waals surface area contributed by atoms with Crippen LogP contribution in [0.1, 0.15) is 25.7 Å². The number of likely N-dealkylation sites (tertiary alicyclic amines) is 1. The highest BCUT2D eigenvalue weighted by atomic mass is 32.2. The predicted molar refractivity (Wildman–Crippen MR) is 70.2 cm³/mol. The van der Waals surface area contributed by atoms with E-state index in [1.807, 2.05) is 23.7 Å². The lowest BCUT2D eigenvalue weighted by Gasteiger charge is -2.30. The third-order valence-corrected chi connectivity index (χ3v) is 5.09. The highest BCUT2D eigenvalue weighted by Crippen LogP contribution is 2.41. The van der Waals surface area contributed by atoms with Gasteiger partial charge in [-0.1, -0.05) is 11.8 Å². The predicted octanol–water partition coefficient (Wildman–Crippen LogP) is 1.08. The Morgan fingerprint density at radius 1 is 1.41 bits per heavy atom. The second-order valence-corrected chi connectivity index (χ2v) is 6.52. The number of amidine groups is 1. The second kappa shape index (κ2) is 4.52. The van der Waals surface area contributed by atoms with Crippen molar-refractivity contribution in [3.63, 3.8) is 0 Å². The molecule has 17 heavy (non-hydrogen) atoms. The van der Waals surface area contributed by atoms with Gasteiger partial charge in [-0.15, -0.1) is 0 Å². The van der Waals surface area contributed by atoms with E-state index in [4.69, 9.17) is 0 Å². The van der Waals surface area contributed by atoms with Crippen molar-refractivity contribution < 1.29 is 4.79 Å². The number of aliphatic imine (C=N–C) groups is 1. The molecule has 0 radical (unpaired) electrons. The average molecular weight is 253 g/mol. The molecule has 4 nitrogen and oxygen atoms in total. The van der Waals surface area contributed by atoms with Gasteiger partial charge in [-0.3, -0.25) is 9.79 Å². The monoisotopic (exact) mass is 253 g/mol. The first-order valence-corrected chi connectivity index (χ1v) is 7.32. The van der Waals surface area contributed by atoms with Gasteiger partial charge in [0.05, 0.1) is 6.54 Å². The van der Waals surface area contributed by atoms with Crippen LogP contribution in [-0.2, 0) is 4.79 Å². The third kappa shape index (κ3) is 2.59. The first-order chi connectivity index (χ1) is 8.22. The van der Waals surface area contributed by atoms with Gasteiger partial charge in [-0.25, -0.2) is 0 Å². The molecular weight excluding hydrogens is 234 g/mol. The van der Waals surface area contributed by atoms with E-state index in [9.17, 15) is 4.79 Å². The van der Waals surface area contributed by atoms with E-state index < -0.39 is 0 Å². The molecule has 2 aliphatic heterocycles. The summed E-state index contributed by atoms with van der Waals surface area (Å²) in [5.41, 5.74) is 0. The minimum atomic E-state index is 0.264. The van der Waals surface area contributed by atoms with Crippen molar-refractivity contribution in [3.05, 3.63) is 0 Å². The van der Waals surface area contributed by atoms with Gasteiger partial charge in [0.2, 0.25) is 5.91 Å². The molecule has 2 fully saturated rings. The van der Waals surface area contributed by atoms with Gasteiger partial charge >= 0.3 is 0 Å². The highest BCUT2D eigenvalue weighted by Gasteiger charge is 2.36. The van der Waals surface area contributed by atoms with E-state index in [2.05, 4.69) is 10.3 Å². The first kappa shape index (κ1) is 11.4. The van der Waals surface area contributed by atoms with Gasteiger partial charge in [0.25, 0.3) is 0 Å². The molecule has 5 heteroatoms.